The third-order valence-electron chi connectivity index (χ3n) is 2.93. The van der Waals surface area contributed by atoms with Gasteiger partial charge in [-0.25, -0.2) is 0 Å². The molecule has 3 nitrogen and oxygen atoms in total. The molecule has 0 aliphatic carbocycles. The van der Waals surface area contributed by atoms with Crippen molar-refractivity contribution in [1.82, 2.24) is 4.98 Å². The zero-order valence-corrected chi connectivity index (χ0v) is 9.89. The van der Waals surface area contributed by atoms with Crippen LogP contribution in [0.2, 0.25) is 0 Å². The number of rotatable bonds is 4. The minimum atomic E-state index is -0.0193. The maximum Gasteiger partial charge on any atom is 0.165 e. The molecule has 1 atom stereocenters. The van der Waals surface area contributed by atoms with Crippen molar-refractivity contribution in [3.05, 3.63) is 42.1 Å². The van der Waals surface area contributed by atoms with E-state index in [1.807, 2.05) is 37.3 Å². The fraction of sp³-hybridized carbons (Fsp3) is 0.286. The van der Waals surface area contributed by atoms with Crippen molar-refractivity contribution in [2.75, 3.05) is 6.54 Å². The highest BCUT2D eigenvalue weighted by atomic mass is 16.1. The second-order valence-corrected chi connectivity index (χ2v) is 4.25. The fourth-order valence-electron chi connectivity index (χ4n) is 1.89. The maximum atomic E-state index is 12.1. The Kier molecular flexibility index (Phi) is 3.49. The zero-order valence-electron chi connectivity index (χ0n) is 9.89. The minimum Gasteiger partial charge on any atom is -0.330 e. The third kappa shape index (κ3) is 2.50. The lowest BCUT2D eigenvalue weighted by Crippen LogP contribution is -2.15. The van der Waals surface area contributed by atoms with Gasteiger partial charge in [0.1, 0.15) is 0 Å². The lowest BCUT2D eigenvalue weighted by atomic mass is 9.95. The van der Waals surface area contributed by atoms with Gasteiger partial charge in [0.2, 0.25) is 0 Å². The number of pyridine rings is 1. The molecule has 3 heteroatoms. The molecule has 0 spiro atoms. The van der Waals surface area contributed by atoms with Crippen LogP contribution in [0.15, 0.2) is 36.5 Å². The number of carbonyl (C=O) groups excluding carboxylic acids is 1. The van der Waals surface area contributed by atoms with Crippen LogP contribution in [0.5, 0.6) is 0 Å². The van der Waals surface area contributed by atoms with Crippen LogP contribution in [0.3, 0.4) is 0 Å². The monoisotopic (exact) mass is 228 g/mol. The van der Waals surface area contributed by atoms with Gasteiger partial charge in [-0.1, -0.05) is 13.0 Å². The molecule has 0 aliphatic heterocycles. The molecule has 0 aliphatic rings. The first-order chi connectivity index (χ1) is 8.22. The van der Waals surface area contributed by atoms with Crippen molar-refractivity contribution in [2.45, 2.75) is 13.3 Å². The Morgan fingerprint density at radius 1 is 1.41 bits per heavy atom. The Balaban J connectivity index is 2.33. The summed E-state index contributed by atoms with van der Waals surface area (Å²) >= 11 is 0. The Morgan fingerprint density at radius 2 is 2.24 bits per heavy atom. The molecule has 88 valence electrons. The summed E-state index contributed by atoms with van der Waals surface area (Å²) in [4.78, 5) is 16.3. The van der Waals surface area contributed by atoms with Crippen LogP contribution in [-0.4, -0.2) is 17.3 Å². The molecule has 1 heterocycles. The molecule has 0 amide bonds. The quantitative estimate of drug-likeness (QED) is 0.817. The summed E-state index contributed by atoms with van der Waals surface area (Å²) in [5.74, 6) is 0.135. The second-order valence-electron chi connectivity index (χ2n) is 4.25. The predicted octanol–water partition coefficient (Wildman–Crippen LogP) is 2.40. The highest BCUT2D eigenvalue weighted by molar-refractivity contribution is 6.00. The summed E-state index contributed by atoms with van der Waals surface area (Å²) in [5.41, 5.74) is 7.13. The normalized spacial score (nSPS) is 12.6. The first-order valence-electron chi connectivity index (χ1n) is 5.81. The molecule has 2 rings (SSSR count). The van der Waals surface area contributed by atoms with E-state index in [4.69, 9.17) is 5.73 Å². The van der Waals surface area contributed by atoms with E-state index in [0.717, 1.165) is 22.9 Å². The van der Waals surface area contributed by atoms with Gasteiger partial charge in [0.15, 0.2) is 5.78 Å². The van der Waals surface area contributed by atoms with E-state index in [1.165, 1.54) is 0 Å². The van der Waals surface area contributed by atoms with E-state index in [-0.39, 0.29) is 11.7 Å². The molecule has 0 fully saturated rings. The summed E-state index contributed by atoms with van der Waals surface area (Å²) in [5, 5.41) is 0.998. The number of nitrogens with two attached hydrogens (primary N) is 1. The Morgan fingerprint density at radius 3 is 3.00 bits per heavy atom. The fourth-order valence-corrected chi connectivity index (χ4v) is 1.89. The molecule has 0 saturated heterocycles. The van der Waals surface area contributed by atoms with Crippen molar-refractivity contribution in [3.8, 4) is 0 Å². The van der Waals surface area contributed by atoms with Crippen molar-refractivity contribution >= 4 is 16.7 Å². The zero-order chi connectivity index (χ0) is 12.3. The number of aromatic nitrogens is 1. The van der Waals surface area contributed by atoms with Gasteiger partial charge in [-0.05, 0) is 37.2 Å². The van der Waals surface area contributed by atoms with Crippen LogP contribution < -0.4 is 5.73 Å². The van der Waals surface area contributed by atoms with Gasteiger partial charge >= 0.3 is 0 Å². The number of carbonyl (C=O) groups is 1. The largest absolute Gasteiger partial charge is 0.330 e. The van der Waals surface area contributed by atoms with Crippen molar-refractivity contribution < 1.29 is 4.79 Å². The van der Waals surface area contributed by atoms with Crippen molar-refractivity contribution in [2.24, 2.45) is 11.7 Å². The standard InChI is InChI=1S/C14H16N2O/c1-10(6-7-15)14(17)12-4-5-13-11(9-12)3-2-8-16-13/h2-5,8-10H,6-7,15H2,1H3. The number of fused-ring (bicyclic) bond motifs is 1. The minimum absolute atomic E-state index is 0.0193. The van der Waals surface area contributed by atoms with Gasteiger partial charge in [-0.15, -0.1) is 0 Å². The SMILES string of the molecule is CC(CCN)C(=O)c1ccc2ncccc2c1. The lowest BCUT2D eigenvalue weighted by molar-refractivity contribution is 0.0925. The van der Waals surface area contributed by atoms with Gasteiger partial charge < -0.3 is 5.73 Å². The van der Waals surface area contributed by atoms with Crippen LogP contribution in [0.1, 0.15) is 23.7 Å². The van der Waals surface area contributed by atoms with E-state index >= 15 is 0 Å². The first kappa shape index (κ1) is 11.7. The Hall–Kier alpha value is -1.74. The number of ketones is 1. The molecule has 17 heavy (non-hydrogen) atoms. The third-order valence-corrected chi connectivity index (χ3v) is 2.93. The van der Waals surface area contributed by atoms with Gasteiger partial charge in [0, 0.05) is 23.1 Å². The highest BCUT2D eigenvalue weighted by Crippen LogP contribution is 2.17. The Labute approximate surface area is 101 Å². The number of hydrogen-bond donors (Lipinski definition) is 1. The average Bonchev–Trinajstić information content (AvgIpc) is 2.37. The van der Waals surface area contributed by atoms with Gasteiger partial charge in [-0.2, -0.15) is 0 Å². The van der Waals surface area contributed by atoms with E-state index in [0.29, 0.717) is 6.54 Å². The molecule has 1 aromatic carbocycles. The molecular formula is C14H16N2O. The van der Waals surface area contributed by atoms with Gasteiger partial charge in [-0.3, -0.25) is 9.78 Å². The summed E-state index contributed by atoms with van der Waals surface area (Å²) in [7, 11) is 0. The van der Waals surface area contributed by atoms with Crippen molar-refractivity contribution in [1.29, 1.82) is 0 Å². The predicted molar refractivity (Wildman–Crippen MR) is 68.9 cm³/mol. The van der Waals surface area contributed by atoms with E-state index in [2.05, 4.69) is 4.98 Å². The topological polar surface area (TPSA) is 56.0 Å². The molecule has 2 N–H and O–H groups in total. The molecule has 0 radical (unpaired) electrons. The molecule has 0 saturated carbocycles. The van der Waals surface area contributed by atoms with Gasteiger partial charge in [0.25, 0.3) is 0 Å². The molecule has 2 aromatic rings. The van der Waals surface area contributed by atoms with Crippen LogP contribution in [0.25, 0.3) is 10.9 Å². The lowest BCUT2D eigenvalue weighted by Gasteiger charge is -2.09. The van der Waals surface area contributed by atoms with Crippen LogP contribution >= 0.6 is 0 Å². The number of benzene rings is 1. The highest BCUT2D eigenvalue weighted by Gasteiger charge is 2.14. The number of hydrogen-bond acceptors (Lipinski definition) is 3. The van der Waals surface area contributed by atoms with Crippen LogP contribution in [0.4, 0.5) is 0 Å². The smallest absolute Gasteiger partial charge is 0.165 e. The van der Waals surface area contributed by atoms with Gasteiger partial charge in [0.05, 0.1) is 5.52 Å². The van der Waals surface area contributed by atoms with E-state index < -0.39 is 0 Å². The molecular weight excluding hydrogens is 212 g/mol. The van der Waals surface area contributed by atoms with Crippen molar-refractivity contribution in [3.63, 3.8) is 0 Å². The number of nitrogens with zero attached hydrogens (tertiary/aromatic N) is 1. The first-order valence-corrected chi connectivity index (χ1v) is 5.81. The Bertz CT molecular complexity index is 536. The van der Waals surface area contributed by atoms with Crippen LogP contribution in [0, 0.1) is 5.92 Å². The maximum absolute atomic E-state index is 12.1. The summed E-state index contributed by atoms with van der Waals surface area (Å²) < 4.78 is 0. The molecule has 1 unspecified atom stereocenters. The van der Waals surface area contributed by atoms with E-state index in [9.17, 15) is 4.79 Å². The van der Waals surface area contributed by atoms with Crippen LogP contribution in [-0.2, 0) is 0 Å². The van der Waals surface area contributed by atoms with E-state index in [1.54, 1.807) is 6.20 Å². The average molecular weight is 228 g/mol. The second kappa shape index (κ2) is 5.06. The summed E-state index contributed by atoms with van der Waals surface area (Å²) in [6.45, 7) is 2.46. The number of Topliss-reactive ketones (excluding diaryl/α,β-unsaturated/α-hetero) is 1. The summed E-state index contributed by atoms with van der Waals surface area (Å²) in [6, 6.07) is 9.46. The summed E-state index contributed by atoms with van der Waals surface area (Å²) in [6.07, 6.45) is 2.48. The molecule has 1 aromatic heterocycles. The molecule has 0 bridgehead atoms.